The van der Waals surface area contributed by atoms with E-state index in [9.17, 15) is 15.0 Å². The van der Waals surface area contributed by atoms with E-state index in [1.165, 1.54) is 0 Å². The van der Waals surface area contributed by atoms with Crippen molar-refractivity contribution in [3.05, 3.63) is 71.8 Å². The molecule has 0 saturated heterocycles. The minimum Gasteiger partial charge on any atom is -0.444 e. The van der Waals surface area contributed by atoms with Crippen molar-refractivity contribution in [1.29, 1.82) is 0 Å². The molecule has 5 heteroatoms. The van der Waals surface area contributed by atoms with Crippen LogP contribution >= 0.6 is 0 Å². The molecule has 0 aliphatic carbocycles. The van der Waals surface area contributed by atoms with E-state index in [0.29, 0.717) is 5.56 Å². The van der Waals surface area contributed by atoms with Crippen molar-refractivity contribution in [2.24, 2.45) is 0 Å². The Balaban J connectivity index is 2.33. The highest BCUT2D eigenvalue weighted by Gasteiger charge is 2.39. The molecule has 2 aromatic rings. The Morgan fingerprint density at radius 1 is 1.04 bits per heavy atom. The van der Waals surface area contributed by atoms with Crippen LogP contribution in [0.2, 0.25) is 0 Å². The Bertz CT molecular complexity index is 697. The molecule has 0 unspecified atom stereocenters. The van der Waals surface area contributed by atoms with Crippen molar-refractivity contribution < 1.29 is 19.7 Å². The lowest BCUT2D eigenvalue weighted by Gasteiger charge is -2.36. The second kappa shape index (κ2) is 8.34. The molecule has 0 saturated carbocycles. The fourth-order valence-corrected chi connectivity index (χ4v) is 2.80. The molecule has 0 radical (unpaired) electrons. The number of ether oxygens (including phenoxy) is 1. The molecule has 26 heavy (non-hydrogen) atoms. The van der Waals surface area contributed by atoms with E-state index in [2.05, 4.69) is 5.32 Å². The van der Waals surface area contributed by atoms with Gasteiger partial charge in [-0.15, -0.1) is 0 Å². The third-order valence-electron chi connectivity index (χ3n) is 3.96. The first-order valence-electron chi connectivity index (χ1n) is 8.65. The Kier molecular flexibility index (Phi) is 6.40. The van der Waals surface area contributed by atoms with E-state index in [-0.39, 0.29) is 6.42 Å². The Labute approximate surface area is 154 Å². The summed E-state index contributed by atoms with van der Waals surface area (Å²) in [6.07, 6.45) is -0.467. The van der Waals surface area contributed by atoms with E-state index in [1.807, 2.05) is 48.5 Å². The predicted molar refractivity (Wildman–Crippen MR) is 101 cm³/mol. The summed E-state index contributed by atoms with van der Waals surface area (Å²) in [4.78, 5) is 12.3. The van der Waals surface area contributed by atoms with Gasteiger partial charge in [-0.3, -0.25) is 0 Å². The van der Waals surface area contributed by atoms with Crippen LogP contribution < -0.4 is 5.32 Å². The van der Waals surface area contributed by atoms with E-state index in [1.54, 1.807) is 32.9 Å². The molecule has 0 heterocycles. The SMILES string of the molecule is CC(C)(C)OC(=O)N[C@H](c1ccccc1)[C@@](O)(CO)Cc1ccccc1. The maximum atomic E-state index is 12.3. The van der Waals surface area contributed by atoms with Crippen molar-refractivity contribution in [2.75, 3.05) is 6.61 Å². The van der Waals surface area contributed by atoms with E-state index >= 15 is 0 Å². The number of aliphatic hydroxyl groups excluding tert-OH is 1. The minimum absolute atomic E-state index is 0.180. The van der Waals surface area contributed by atoms with Gasteiger partial charge in [0, 0.05) is 6.42 Å². The number of amides is 1. The van der Waals surface area contributed by atoms with E-state index in [0.717, 1.165) is 5.56 Å². The van der Waals surface area contributed by atoms with Crippen LogP contribution in [0.5, 0.6) is 0 Å². The van der Waals surface area contributed by atoms with Gasteiger partial charge in [0.05, 0.1) is 12.6 Å². The van der Waals surface area contributed by atoms with Crippen molar-refractivity contribution in [3.63, 3.8) is 0 Å². The van der Waals surface area contributed by atoms with Crippen LogP contribution in [0.3, 0.4) is 0 Å². The second-order valence-electron chi connectivity index (χ2n) is 7.41. The largest absolute Gasteiger partial charge is 0.444 e. The van der Waals surface area contributed by atoms with Crippen LogP contribution in [-0.2, 0) is 11.2 Å². The third-order valence-corrected chi connectivity index (χ3v) is 3.96. The molecule has 0 spiro atoms. The highest BCUT2D eigenvalue weighted by Crippen LogP contribution is 2.30. The lowest BCUT2D eigenvalue weighted by molar-refractivity contribution is -0.0479. The maximum absolute atomic E-state index is 12.3. The number of benzene rings is 2. The van der Waals surface area contributed by atoms with Crippen molar-refractivity contribution >= 4 is 6.09 Å². The van der Waals surface area contributed by atoms with Crippen LogP contribution in [0.15, 0.2) is 60.7 Å². The smallest absolute Gasteiger partial charge is 0.408 e. The Morgan fingerprint density at radius 3 is 2.08 bits per heavy atom. The highest BCUT2D eigenvalue weighted by molar-refractivity contribution is 5.68. The molecular formula is C21H27NO4. The number of nitrogens with one attached hydrogen (secondary N) is 1. The summed E-state index contributed by atoms with van der Waals surface area (Å²) in [5, 5.41) is 23.9. The average molecular weight is 357 g/mol. The maximum Gasteiger partial charge on any atom is 0.408 e. The van der Waals surface area contributed by atoms with Gasteiger partial charge >= 0.3 is 6.09 Å². The first kappa shape index (κ1) is 19.9. The van der Waals surface area contributed by atoms with Crippen LogP contribution in [-0.4, -0.2) is 34.1 Å². The summed E-state index contributed by atoms with van der Waals surface area (Å²) in [5.74, 6) is 0. The van der Waals surface area contributed by atoms with Gasteiger partial charge in [-0.1, -0.05) is 60.7 Å². The topological polar surface area (TPSA) is 78.8 Å². The van der Waals surface area contributed by atoms with Crippen LogP contribution in [0.1, 0.15) is 37.9 Å². The average Bonchev–Trinajstić information content (AvgIpc) is 2.59. The summed E-state index contributed by atoms with van der Waals surface area (Å²) in [7, 11) is 0. The number of rotatable bonds is 6. The fraction of sp³-hybridized carbons (Fsp3) is 0.381. The van der Waals surface area contributed by atoms with Crippen molar-refractivity contribution in [1.82, 2.24) is 5.32 Å². The van der Waals surface area contributed by atoms with E-state index < -0.39 is 29.9 Å². The Hall–Kier alpha value is -2.37. The summed E-state index contributed by atoms with van der Waals surface area (Å²) in [5.41, 5.74) is -0.705. The normalized spacial score (nSPS) is 15.0. The second-order valence-corrected chi connectivity index (χ2v) is 7.41. The van der Waals surface area contributed by atoms with Gasteiger partial charge in [0.15, 0.2) is 0 Å². The monoisotopic (exact) mass is 357 g/mol. The Morgan fingerprint density at radius 2 is 1.58 bits per heavy atom. The summed E-state index contributed by atoms with van der Waals surface area (Å²) >= 11 is 0. The number of carbonyl (C=O) groups excluding carboxylic acids is 1. The standard InChI is InChI=1S/C21H27NO4/c1-20(2,3)26-19(24)22-18(17-12-8-5-9-13-17)21(25,15-23)14-16-10-6-4-7-11-16/h4-13,18,23,25H,14-15H2,1-3H3,(H,22,24)/t18-,21+/m1/s1. The molecule has 0 fully saturated rings. The highest BCUT2D eigenvalue weighted by atomic mass is 16.6. The molecule has 3 N–H and O–H groups in total. The fourth-order valence-electron chi connectivity index (χ4n) is 2.80. The lowest BCUT2D eigenvalue weighted by atomic mass is 9.84. The number of alkyl carbamates (subject to hydrolysis) is 1. The number of hydrogen-bond acceptors (Lipinski definition) is 4. The molecule has 0 aliphatic rings. The van der Waals surface area contributed by atoms with Crippen LogP contribution in [0.25, 0.3) is 0 Å². The zero-order valence-corrected chi connectivity index (χ0v) is 15.5. The summed E-state index contributed by atoms with van der Waals surface area (Å²) in [6.45, 7) is 4.79. The number of aliphatic hydroxyl groups is 2. The molecule has 140 valence electrons. The van der Waals surface area contributed by atoms with Gasteiger partial charge in [-0.2, -0.15) is 0 Å². The third kappa shape index (κ3) is 5.58. The van der Waals surface area contributed by atoms with Crippen LogP contribution in [0, 0.1) is 0 Å². The summed E-state index contributed by atoms with van der Waals surface area (Å²) in [6, 6.07) is 17.6. The quantitative estimate of drug-likeness (QED) is 0.742. The predicted octanol–water partition coefficient (Wildman–Crippen LogP) is 3.22. The van der Waals surface area contributed by atoms with Gasteiger partial charge in [0.25, 0.3) is 0 Å². The molecular weight excluding hydrogens is 330 g/mol. The minimum atomic E-state index is -1.58. The molecule has 2 aromatic carbocycles. The van der Waals surface area contributed by atoms with Gasteiger partial charge in [-0.05, 0) is 31.9 Å². The lowest BCUT2D eigenvalue weighted by Crippen LogP contribution is -2.51. The molecule has 2 rings (SSSR count). The van der Waals surface area contributed by atoms with Gasteiger partial charge in [0.1, 0.15) is 11.2 Å². The molecule has 5 nitrogen and oxygen atoms in total. The van der Waals surface area contributed by atoms with Gasteiger partial charge < -0.3 is 20.3 Å². The van der Waals surface area contributed by atoms with E-state index in [4.69, 9.17) is 4.74 Å². The van der Waals surface area contributed by atoms with Gasteiger partial charge in [0.2, 0.25) is 0 Å². The molecule has 2 atom stereocenters. The first-order chi connectivity index (χ1) is 12.2. The molecule has 1 amide bonds. The number of carbonyl (C=O) groups is 1. The zero-order chi connectivity index (χ0) is 19.2. The van der Waals surface area contributed by atoms with Crippen LogP contribution in [0.4, 0.5) is 4.79 Å². The number of hydrogen-bond donors (Lipinski definition) is 3. The molecule has 0 bridgehead atoms. The zero-order valence-electron chi connectivity index (χ0n) is 15.5. The molecule has 0 aliphatic heterocycles. The van der Waals surface area contributed by atoms with Crippen molar-refractivity contribution in [3.8, 4) is 0 Å². The van der Waals surface area contributed by atoms with Gasteiger partial charge in [-0.25, -0.2) is 4.79 Å². The molecule has 0 aromatic heterocycles. The van der Waals surface area contributed by atoms with Crippen molar-refractivity contribution in [2.45, 2.75) is 44.4 Å². The first-order valence-corrected chi connectivity index (χ1v) is 8.65. The summed E-state index contributed by atoms with van der Waals surface area (Å²) < 4.78 is 5.34.